The molecule has 6 heteroatoms. The minimum Gasteiger partial charge on any atom is -0.326 e. The summed E-state index contributed by atoms with van der Waals surface area (Å²) in [6.07, 6.45) is 0. The van der Waals surface area contributed by atoms with Crippen LogP contribution in [0.15, 0.2) is 26.8 Å². The van der Waals surface area contributed by atoms with Crippen molar-refractivity contribution in [2.75, 3.05) is 0 Å². The van der Waals surface area contributed by atoms with Crippen molar-refractivity contribution in [1.82, 2.24) is 10.2 Å². The number of hydrogen-bond donors (Lipinski definition) is 2. The summed E-state index contributed by atoms with van der Waals surface area (Å²) in [5, 5.41) is 8.38. The van der Waals surface area contributed by atoms with Crippen LogP contribution in [-0.4, -0.2) is 10.2 Å². The maximum absolute atomic E-state index is 11.1. The van der Waals surface area contributed by atoms with Gasteiger partial charge in [-0.25, -0.2) is 5.10 Å². The van der Waals surface area contributed by atoms with Crippen molar-refractivity contribution < 1.29 is 0 Å². The quantitative estimate of drug-likeness (QED) is 0.883. The molecule has 0 saturated heterocycles. The maximum Gasteiger partial charge on any atom is 0.264 e. The Morgan fingerprint density at radius 2 is 2.33 bits per heavy atom. The SMILES string of the molecule is NCc1cc(=O)[nH]nc1-c1cc(Br)cs1. The van der Waals surface area contributed by atoms with Gasteiger partial charge in [-0.2, -0.15) is 5.10 Å². The first kappa shape index (κ1) is 10.5. The summed E-state index contributed by atoms with van der Waals surface area (Å²) in [5.41, 5.74) is 6.84. The van der Waals surface area contributed by atoms with Gasteiger partial charge in [0.05, 0.1) is 4.88 Å². The third-order valence-electron chi connectivity index (χ3n) is 1.91. The third-order valence-corrected chi connectivity index (χ3v) is 3.61. The second-order valence-electron chi connectivity index (χ2n) is 2.94. The predicted molar refractivity (Wildman–Crippen MR) is 63.8 cm³/mol. The molecule has 0 aliphatic heterocycles. The molecule has 0 aliphatic rings. The Morgan fingerprint density at radius 3 is 2.93 bits per heavy atom. The lowest BCUT2D eigenvalue weighted by Gasteiger charge is -2.01. The van der Waals surface area contributed by atoms with Gasteiger partial charge in [0.25, 0.3) is 5.56 Å². The second-order valence-corrected chi connectivity index (χ2v) is 4.77. The highest BCUT2D eigenvalue weighted by atomic mass is 79.9. The number of nitrogens with zero attached hydrogens (tertiary/aromatic N) is 1. The van der Waals surface area contributed by atoms with Crippen LogP contribution in [-0.2, 0) is 6.54 Å². The monoisotopic (exact) mass is 285 g/mol. The lowest BCUT2D eigenvalue weighted by Crippen LogP contribution is -2.12. The van der Waals surface area contributed by atoms with E-state index in [9.17, 15) is 4.79 Å². The van der Waals surface area contributed by atoms with Gasteiger partial charge in [0.15, 0.2) is 0 Å². The number of nitrogens with one attached hydrogen (secondary N) is 1. The van der Waals surface area contributed by atoms with Crippen LogP contribution >= 0.6 is 27.3 Å². The molecule has 0 aliphatic carbocycles. The highest BCUT2D eigenvalue weighted by Gasteiger charge is 2.08. The van der Waals surface area contributed by atoms with Gasteiger partial charge in [-0.1, -0.05) is 0 Å². The van der Waals surface area contributed by atoms with Crippen LogP contribution < -0.4 is 11.3 Å². The second kappa shape index (κ2) is 4.26. The molecule has 2 aromatic heterocycles. The van der Waals surface area contributed by atoms with E-state index in [1.54, 1.807) is 11.3 Å². The number of rotatable bonds is 2. The zero-order chi connectivity index (χ0) is 10.8. The highest BCUT2D eigenvalue weighted by molar-refractivity contribution is 9.10. The van der Waals surface area contributed by atoms with Crippen LogP contribution in [0.5, 0.6) is 0 Å². The van der Waals surface area contributed by atoms with Crippen LogP contribution in [0, 0.1) is 0 Å². The molecule has 0 fully saturated rings. The average molecular weight is 286 g/mol. The van der Waals surface area contributed by atoms with Crippen molar-refractivity contribution in [3.63, 3.8) is 0 Å². The largest absolute Gasteiger partial charge is 0.326 e. The average Bonchev–Trinajstić information content (AvgIpc) is 2.64. The van der Waals surface area contributed by atoms with Crippen molar-refractivity contribution in [1.29, 1.82) is 0 Å². The summed E-state index contributed by atoms with van der Waals surface area (Å²) >= 11 is 4.92. The van der Waals surface area contributed by atoms with Gasteiger partial charge in [-0.05, 0) is 22.0 Å². The topological polar surface area (TPSA) is 71.8 Å². The van der Waals surface area contributed by atoms with Gasteiger partial charge in [0, 0.05) is 28.0 Å². The van der Waals surface area contributed by atoms with Crippen molar-refractivity contribution >= 4 is 27.3 Å². The van der Waals surface area contributed by atoms with E-state index in [-0.39, 0.29) is 5.56 Å². The van der Waals surface area contributed by atoms with Crippen molar-refractivity contribution in [2.45, 2.75) is 6.54 Å². The van der Waals surface area contributed by atoms with Crippen LogP contribution in [0.2, 0.25) is 0 Å². The Kier molecular flexibility index (Phi) is 2.99. The number of nitrogens with two attached hydrogens (primary N) is 1. The molecule has 78 valence electrons. The Balaban J connectivity index is 2.57. The molecule has 2 rings (SSSR count). The Bertz CT molecular complexity index is 534. The lowest BCUT2D eigenvalue weighted by molar-refractivity contribution is 0.947. The van der Waals surface area contributed by atoms with Crippen LogP contribution in [0.25, 0.3) is 10.6 Å². The summed E-state index contributed by atoms with van der Waals surface area (Å²) < 4.78 is 0.999. The molecule has 0 amide bonds. The van der Waals surface area contributed by atoms with Gasteiger partial charge in [-0.15, -0.1) is 11.3 Å². The maximum atomic E-state index is 11.1. The molecule has 2 aromatic rings. The summed E-state index contributed by atoms with van der Waals surface area (Å²) in [6.45, 7) is 0.307. The van der Waals surface area contributed by atoms with E-state index in [1.165, 1.54) is 6.07 Å². The first-order chi connectivity index (χ1) is 7.20. The molecule has 4 nitrogen and oxygen atoms in total. The van der Waals surface area contributed by atoms with E-state index in [4.69, 9.17) is 5.73 Å². The van der Waals surface area contributed by atoms with E-state index in [0.29, 0.717) is 6.54 Å². The zero-order valence-electron chi connectivity index (χ0n) is 7.66. The Hall–Kier alpha value is -0.980. The van der Waals surface area contributed by atoms with Crippen LogP contribution in [0.1, 0.15) is 5.56 Å². The summed E-state index contributed by atoms with van der Waals surface area (Å²) in [5.74, 6) is 0. The molecule has 0 bridgehead atoms. The van der Waals surface area contributed by atoms with Gasteiger partial charge >= 0.3 is 0 Å². The number of hydrogen-bond acceptors (Lipinski definition) is 4. The molecule has 3 N–H and O–H groups in total. The molecule has 2 heterocycles. The number of aromatic amines is 1. The summed E-state index contributed by atoms with van der Waals surface area (Å²) in [4.78, 5) is 12.0. The number of halogens is 1. The van der Waals surface area contributed by atoms with Crippen molar-refractivity contribution in [3.8, 4) is 10.6 Å². The van der Waals surface area contributed by atoms with E-state index in [1.807, 2.05) is 11.4 Å². The molecular weight excluding hydrogens is 278 g/mol. The smallest absolute Gasteiger partial charge is 0.264 e. The lowest BCUT2D eigenvalue weighted by atomic mass is 10.2. The number of thiophene rings is 1. The minimum absolute atomic E-state index is 0.227. The predicted octanol–water partition coefficient (Wildman–Crippen LogP) is 1.72. The molecule has 0 atom stereocenters. The minimum atomic E-state index is -0.227. The van der Waals surface area contributed by atoms with E-state index >= 15 is 0 Å². The third kappa shape index (κ3) is 2.17. The number of aromatic nitrogens is 2. The Morgan fingerprint density at radius 1 is 1.53 bits per heavy atom. The first-order valence-corrected chi connectivity index (χ1v) is 5.91. The normalized spacial score (nSPS) is 10.5. The van der Waals surface area contributed by atoms with Crippen molar-refractivity contribution in [2.24, 2.45) is 5.73 Å². The molecule has 0 unspecified atom stereocenters. The van der Waals surface area contributed by atoms with Crippen LogP contribution in [0.3, 0.4) is 0 Å². The molecular formula is C9H8BrN3OS. The Labute approximate surface area is 98.3 Å². The van der Waals surface area contributed by atoms with E-state index < -0.39 is 0 Å². The molecule has 0 aromatic carbocycles. The van der Waals surface area contributed by atoms with Gasteiger partial charge in [-0.3, -0.25) is 4.79 Å². The molecule has 15 heavy (non-hydrogen) atoms. The van der Waals surface area contributed by atoms with Gasteiger partial charge < -0.3 is 5.73 Å². The first-order valence-electron chi connectivity index (χ1n) is 4.24. The zero-order valence-corrected chi connectivity index (χ0v) is 10.1. The van der Waals surface area contributed by atoms with Gasteiger partial charge in [0.2, 0.25) is 0 Å². The highest BCUT2D eigenvalue weighted by Crippen LogP contribution is 2.29. The molecule has 0 spiro atoms. The fourth-order valence-corrected chi connectivity index (χ4v) is 2.70. The van der Waals surface area contributed by atoms with E-state index in [2.05, 4.69) is 26.1 Å². The van der Waals surface area contributed by atoms with Crippen LogP contribution in [0.4, 0.5) is 0 Å². The number of H-pyrrole nitrogens is 1. The fourth-order valence-electron chi connectivity index (χ4n) is 1.25. The van der Waals surface area contributed by atoms with Gasteiger partial charge in [0.1, 0.15) is 5.69 Å². The summed E-state index contributed by atoms with van der Waals surface area (Å²) in [7, 11) is 0. The standard InChI is InChI=1S/C9H8BrN3OS/c10-6-2-7(15-4-6)9-5(3-11)1-8(14)12-13-9/h1-2,4H,3,11H2,(H,12,14). The van der Waals surface area contributed by atoms with E-state index in [0.717, 1.165) is 20.6 Å². The van der Waals surface area contributed by atoms with Crippen molar-refractivity contribution in [3.05, 3.63) is 37.9 Å². The fraction of sp³-hybridized carbons (Fsp3) is 0.111. The molecule has 0 radical (unpaired) electrons. The molecule has 0 saturated carbocycles. The summed E-state index contributed by atoms with van der Waals surface area (Å²) in [6, 6.07) is 3.43.